The predicted molar refractivity (Wildman–Crippen MR) is 85.8 cm³/mol. The summed E-state index contributed by atoms with van der Waals surface area (Å²) in [4.78, 5) is 0. The van der Waals surface area contributed by atoms with Gasteiger partial charge in [-0.2, -0.15) is 0 Å². The molecule has 0 spiro atoms. The average molecular weight is 442 g/mol. The molecule has 0 bridgehead atoms. The van der Waals surface area contributed by atoms with Crippen molar-refractivity contribution in [1.82, 2.24) is 4.57 Å². The van der Waals surface area contributed by atoms with Gasteiger partial charge in [-0.05, 0) is 36.4 Å². The van der Waals surface area contributed by atoms with E-state index in [1.165, 1.54) is 12.1 Å². The van der Waals surface area contributed by atoms with Crippen LogP contribution in [0.15, 0.2) is 48.5 Å². The van der Waals surface area contributed by atoms with E-state index in [1.54, 1.807) is 12.1 Å². The Labute approximate surface area is 157 Å². The maximum atomic E-state index is 12.9. The zero-order valence-electron chi connectivity index (χ0n) is 13.6. The summed E-state index contributed by atoms with van der Waals surface area (Å²) in [7, 11) is 2.01. The number of hydrogen-bond donors (Lipinski definition) is 1. The molecule has 0 saturated carbocycles. The highest BCUT2D eigenvalue weighted by molar-refractivity contribution is 5.72. The van der Waals surface area contributed by atoms with Gasteiger partial charge in [-0.25, -0.2) is 13.5 Å². The average Bonchev–Trinajstić information content (AvgIpc) is 2.80. The fourth-order valence-electron chi connectivity index (χ4n) is 2.72. The molecule has 0 radical (unpaired) electrons. The van der Waals surface area contributed by atoms with Crippen molar-refractivity contribution in [2.45, 2.75) is 19.6 Å². The molecule has 0 aliphatic carbocycles. The van der Waals surface area contributed by atoms with Gasteiger partial charge in [0.05, 0.1) is 7.05 Å². The summed E-state index contributed by atoms with van der Waals surface area (Å²) in [6.45, 7) is 2.61. The number of fused-ring (bicyclic) bond motifs is 1. The number of ether oxygens (including phenoxy) is 1. The van der Waals surface area contributed by atoms with E-state index < -0.39 is 6.10 Å². The number of imidazole rings is 1. The molecule has 0 aliphatic rings. The molecular formula is C18H20FIN2O2. The monoisotopic (exact) mass is 442 g/mol. The quantitative estimate of drug-likeness (QED) is 0.422. The first kappa shape index (κ1) is 18.7. The van der Waals surface area contributed by atoms with Gasteiger partial charge in [0.15, 0.2) is 11.0 Å². The fraction of sp³-hybridized carbons (Fsp3) is 0.278. The molecule has 1 N–H and O–H groups in total. The van der Waals surface area contributed by atoms with Crippen LogP contribution in [0.25, 0.3) is 11.0 Å². The third-order valence-electron chi connectivity index (χ3n) is 4.06. The molecule has 0 saturated heterocycles. The van der Waals surface area contributed by atoms with E-state index in [9.17, 15) is 9.50 Å². The van der Waals surface area contributed by atoms with Gasteiger partial charge in [0.25, 0.3) is 5.82 Å². The molecule has 1 aromatic heterocycles. The maximum Gasteiger partial charge on any atom is 0.254 e. The number of para-hydroxylation sites is 2. The first-order valence-corrected chi connectivity index (χ1v) is 7.56. The minimum absolute atomic E-state index is 0. The van der Waals surface area contributed by atoms with Crippen molar-refractivity contribution in [3.05, 3.63) is 60.2 Å². The van der Waals surface area contributed by atoms with Crippen LogP contribution >= 0.6 is 0 Å². The van der Waals surface area contributed by atoms with Crippen LogP contribution in [0.5, 0.6) is 5.75 Å². The summed E-state index contributed by atoms with van der Waals surface area (Å²) in [6, 6.07) is 13.9. The maximum absolute atomic E-state index is 12.9. The Bertz CT molecular complexity index is 818. The van der Waals surface area contributed by atoms with Crippen molar-refractivity contribution in [3.63, 3.8) is 0 Å². The Morgan fingerprint density at radius 3 is 2.54 bits per heavy atom. The van der Waals surface area contributed by atoms with Crippen LogP contribution in [0.4, 0.5) is 4.39 Å². The molecule has 6 heteroatoms. The molecule has 24 heavy (non-hydrogen) atoms. The zero-order chi connectivity index (χ0) is 16.4. The molecule has 2 aromatic carbocycles. The van der Waals surface area contributed by atoms with Crippen molar-refractivity contribution >= 4 is 11.0 Å². The summed E-state index contributed by atoms with van der Waals surface area (Å²) in [6.07, 6.45) is -0.658. The lowest BCUT2D eigenvalue weighted by molar-refractivity contribution is -0.652. The third-order valence-corrected chi connectivity index (χ3v) is 4.06. The largest absolute Gasteiger partial charge is 1.00 e. The summed E-state index contributed by atoms with van der Waals surface area (Å²) in [5.74, 6) is 1.30. The van der Waals surface area contributed by atoms with Crippen molar-refractivity contribution in [2.75, 3.05) is 6.61 Å². The second-order valence-electron chi connectivity index (χ2n) is 5.62. The van der Waals surface area contributed by atoms with Gasteiger partial charge in [0.2, 0.25) is 0 Å². The Morgan fingerprint density at radius 1 is 1.17 bits per heavy atom. The minimum Gasteiger partial charge on any atom is -1.00 e. The molecular weight excluding hydrogens is 422 g/mol. The Kier molecular flexibility index (Phi) is 6.17. The number of aliphatic hydroxyl groups is 1. The SMILES string of the molecule is Cc1n(CC(O)COc2ccc(F)cc2)c2ccccc2[n+]1C.[I-]. The molecule has 3 rings (SSSR count). The zero-order valence-corrected chi connectivity index (χ0v) is 15.8. The number of nitrogens with zero attached hydrogens (tertiary/aromatic N) is 2. The van der Waals surface area contributed by atoms with Gasteiger partial charge < -0.3 is 33.8 Å². The van der Waals surface area contributed by atoms with Crippen LogP contribution in [0.1, 0.15) is 5.82 Å². The van der Waals surface area contributed by atoms with Gasteiger partial charge in [0.1, 0.15) is 30.8 Å². The van der Waals surface area contributed by atoms with Gasteiger partial charge in [-0.3, -0.25) is 0 Å². The van der Waals surface area contributed by atoms with E-state index >= 15 is 0 Å². The molecule has 1 unspecified atom stereocenters. The van der Waals surface area contributed by atoms with Crippen molar-refractivity contribution in [3.8, 4) is 5.75 Å². The summed E-state index contributed by atoms with van der Waals surface area (Å²) in [5.41, 5.74) is 2.20. The number of aromatic nitrogens is 2. The van der Waals surface area contributed by atoms with Crippen LogP contribution in [-0.2, 0) is 13.6 Å². The summed E-state index contributed by atoms with van der Waals surface area (Å²) in [5, 5.41) is 10.3. The van der Waals surface area contributed by atoms with E-state index in [-0.39, 0.29) is 36.4 Å². The second-order valence-corrected chi connectivity index (χ2v) is 5.62. The van der Waals surface area contributed by atoms with Crippen LogP contribution in [0.3, 0.4) is 0 Å². The number of halogens is 2. The van der Waals surface area contributed by atoms with Gasteiger partial charge in [0, 0.05) is 6.92 Å². The molecule has 0 aliphatic heterocycles. The Hall–Kier alpha value is -1.67. The molecule has 0 fully saturated rings. The van der Waals surface area contributed by atoms with E-state index in [1.807, 2.05) is 32.2 Å². The highest BCUT2D eigenvalue weighted by atomic mass is 127. The number of rotatable bonds is 5. The molecule has 3 aromatic rings. The number of hydrogen-bond acceptors (Lipinski definition) is 2. The lowest BCUT2D eigenvalue weighted by Gasteiger charge is -2.11. The second kappa shape index (κ2) is 7.94. The van der Waals surface area contributed by atoms with E-state index in [2.05, 4.69) is 15.2 Å². The van der Waals surface area contributed by atoms with Crippen LogP contribution in [0.2, 0.25) is 0 Å². The van der Waals surface area contributed by atoms with E-state index in [0.29, 0.717) is 12.3 Å². The van der Waals surface area contributed by atoms with Gasteiger partial charge in [-0.15, -0.1) is 0 Å². The first-order chi connectivity index (χ1) is 11.1. The van der Waals surface area contributed by atoms with Crippen molar-refractivity contribution in [1.29, 1.82) is 0 Å². The van der Waals surface area contributed by atoms with Crippen LogP contribution in [-0.4, -0.2) is 22.4 Å². The lowest BCUT2D eigenvalue weighted by Crippen LogP contribution is -3.00. The summed E-state index contributed by atoms with van der Waals surface area (Å²) < 4.78 is 22.6. The fourth-order valence-corrected chi connectivity index (χ4v) is 2.72. The highest BCUT2D eigenvalue weighted by Crippen LogP contribution is 2.15. The molecule has 1 atom stereocenters. The highest BCUT2D eigenvalue weighted by Gasteiger charge is 2.21. The van der Waals surface area contributed by atoms with Crippen molar-refractivity contribution in [2.24, 2.45) is 7.05 Å². The molecule has 4 nitrogen and oxygen atoms in total. The van der Waals surface area contributed by atoms with Crippen LogP contribution < -0.4 is 33.3 Å². The standard InChI is InChI=1S/C18H20FN2O2.HI/c1-13-20(2)17-5-3-4-6-18(17)21(13)11-15(22)12-23-16-9-7-14(19)8-10-16;/h3-10,15,22H,11-12H2,1-2H3;1H/q+1;/p-1. The smallest absolute Gasteiger partial charge is 0.254 e. The number of aliphatic hydroxyl groups excluding tert-OH is 1. The Balaban J connectivity index is 0.00000208. The molecule has 128 valence electrons. The van der Waals surface area contributed by atoms with Crippen LogP contribution in [0, 0.1) is 12.7 Å². The van der Waals surface area contributed by atoms with E-state index in [0.717, 1.165) is 16.9 Å². The lowest BCUT2D eigenvalue weighted by atomic mass is 10.3. The summed E-state index contributed by atoms with van der Waals surface area (Å²) >= 11 is 0. The minimum atomic E-state index is -0.658. The normalized spacial score (nSPS) is 12.0. The van der Waals surface area contributed by atoms with Crippen molar-refractivity contribution < 1.29 is 42.8 Å². The first-order valence-electron chi connectivity index (χ1n) is 7.56. The van der Waals surface area contributed by atoms with E-state index in [4.69, 9.17) is 4.74 Å². The van der Waals surface area contributed by atoms with Gasteiger partial charge >= 0.3 is 0 Å². The number of aryl methyl sites for hydroxylation is 1. The molecule has 0 amide bonds. The predicted octanol–water partition coefficient (Wildman–Crippen LogP) is -0.643. The Morgan fingerprint density at radius 2 is 1.83 bits per heavy atom. The number of benzene rings is 2. The van der Waals surface area contributed by atoms with Gasteiger partial charge in [-0.1, -0.05) is 12.1 Å². The molecule has 1 heterocycles. The topological polar surface area (TPSA) is 38.3 Å². The third kappa shape index (κ3) is 3.87.